The van der Waals surface area contributed by atoms with E-state index in [2.05, 4.69) is 10.1 Å². The first-order chi connectivity index (χ1) is 13.5. The number of nitrogens with zero attached hydrogens (tertiary/aromatic N) is 1. The highest BCUT2D eigenvalue weighted by Crippen LogP contribution is 2.15. The van der Waals surface area contributed by atoms with Crippen LogP contribution in [0.2, 0.25) is 0 Å². The normalized spacial score (nSPS) is 10.5. The molecule has 7 nitrogen and oxygen atoms in total. The van der Waals surface area contributed by atoms with Crippen molar-refractivity contribution in [3.63, 3.8) is 0 Å². The van der Waals surface area contributed by atoms with Crippen molar-refractivity contribution in [2.45, 2.75) is 6.54 Å². The van der Waals surface area contributed by atoms with Gasteiger partial charge >= 0.3 is 5.97 Å². The van der Waals surface area contributed by atoms with E-state index < -0.39 is 11.9 Å². The third-order valence-electron chi connectivity index (χ3n) is 3.75. The molecule has 0 aliphatic carbocycles. The van der Waals surface area contributed by atoms with Crippen molar-refractivity contribution in [2.24, 2.45) is 0 Å². The fourth-order valence-electron chi connectivity index (χ4n) is 2.20. The van der Waals surface area contributed by atoms with Gasteiger partial charge in [0.1, 0.15) is 23.1 Å². The van der Waals surface area contributed by atoms with Gasteiger partial charge in [-0.15, -0.1) is 0 Å². The molecule has 2 aromatic rings. The molecule has 0 atom stereocenters. The van der Waals surface area contributed by atoms with Gasteiger partial charge in [0.05, 0.1) is 14.2 Å². The molecule has 0 aromatic heterocycles. The summed E-state index contributed by atoms with van der Waals surface area (Å²) >= 11 is 0. The van der Waals surface area contributed by atoms with Gasteiger partial charge in [-0.25, -0.2) is 4.79 Å². The van der Waals surface area contributed by atoms with Crippen LogP contribution in [-0.2, 0) is 20.9 Å². The molecular formula is C21H20N2O5. The van der Waals surface area contributed by atoms with E-state index in [0.29, 0.717) is 17.9 Å². The smallest absolute Gasteiger partial charge is 0.343 e. The quantitative estimate of drug-likeness (QED) is 0.429. The molecule has 0 aliphatic rings. The average Bonchev–Trinajstić information content (AvgIpc) is 2.75. The molecule has 144 valence electrons. The minimum Gasteiger partial charge on any atom is -0.497 e. The van der Waals surface area contributed by atoms with Gasteiger partial charge < -0.3 is 19.5 Å². The molecule has 0 aliphatic heterocycles. The van der Waals surface area contributed by atoms with Gasteiger partial charge in [0.25, 0.3) is 5.91 Å². The molecule has 0 unspecified atom stereocenters. The van der Waals surface area contributed by atoms with Crippen molar-refractivity contribution in [1.29, 1.82) is 5.26 Å². The number of rotatable bonds is 8. The van der Waals surface area contributed by atoms with Crippen LogP contribution < -0.4 is 14.8 Å². The van der Waals surface area contributed by atoms with Gasteiger partial charge in [0.2, 0.25) is 0 Å². The molecule has 2 rings (SSSR count). The SMILES string of the molecule is COC(=O)COc1ccc(/C=C(/C#N)C(=O)NCc2ccc(OC)cc2)cc1. The first kappa shape index (κ1) is 20.5. The van der Waals surface area contributed by atoms with Gasteiger partial charge in [-0.05, 0) is 41.5 Å². The zero-order valence-corrected chi connectivity index (χ0v) is 15.6. The fraction of sp³-hybridized carbons (Fsp3) is 0.190. The highest BCUT2D eigenvalue weighted by atomic mass is 16.6. The predicted molar refractivity (Wildman–Crippen MR) is 102 cm³/mol. The zero-order chi connectivity index (χ0) is 20.4. The van der Waals surface area contributed by atoms with Crippen molar-refractivity contribution < 1.29 is 23.8 Å². The third-order valence-corrected chi connectivity index (χ3v) is 3.75. The van der Waals surface area contributed by atoms with Gasteiger partial charge in [-0.1, -0.05) is 24.3 Å². The molecule has 0 saturated carbocycles. The van der Waals surface area contributed by atoms with Gasteiger partial charge in [0, 0.05) is 6.54 Å². The first-order valence-electron chi connectivity index (χ1n) is 8.38. The summed E-state index contributed by atoms with van der Waals surface area (Å²) in [5, 5.41) is 12.0. The van der Waals surface area contributed by atoms with Crippen molar-refractivity contribution >= 4 is 18.0 Å². The number of nitrogens with one attached hydrogen (secondary N) is 1. The Morgan fingerprint density at radius 3 is 2.25 bits per heavy atom. The van der Waals surface area contributed by atoms with E-state index in [1.54, 1.807) is 43.5 Å². The number of nitriles is 1. The van der Waals surface area contributed by atoms with E-state index >= 15 is 0 Å². The van der Waals surface area contributed by atoms with E-state index in [4.69, 9.17) is 9.47 Å². The number of amides is 1. The van der Waals surface area contributed by atoms with Crippen molar-refractivity contribution in [3.05, 3.63) is 65.2 Å². The number of carbonyl (C=O) groups excluding carboxylic acids is 2. The lowest BCUT2D eigenvalue weighted by Crippen LogP contribution is -2.23. The Hall–Kier alpha value is -3.79. The summed E-state index contributed by atoms with van der Waals surface area (Å²) in [5.74, 6) is 0.255. The zero-order valence-electron chi connectivity index (χ0n) is 15.6. The predicted octanol–water partition coefficient (Wildman–Crippen LogP) is 2.47. The highest BCUT2D eigenvalue weighted by Gasteiger charge is 2.09. The first-order valence-corrected chi connectivity index (χ1v) is 8.38. The highest BCUT2D eigenvalue weighted by molar-refractivity contribution is 6.01. The van der Waals surface area contributed by atoms with Crippen LogP contribution in [-0.4, -0.2) is 32.7 Å². The summed E-state index contributed by atoms with van der Waals surface area (Å²) in [6.07, 6.45) is 1.48. The second-order valence-corrected chi connectivity index (χ2v) is 5.63. The average molecular weight is 380 g/mol. The van der Waals surface area contributed by atoms with Crippen molar-refractivity contribution in [3.8, 4) is 17.6 Å². The molecule has 0 radical (unpaired) electrons. The number of hydrogen-bond donors (Lipinski definition) is 1. The lowest BCUT2D eigenvalue weighted by molar-refractivity contribution is -0.142. The summed E-state index contributed by atoms with van der Waals surface area (Å²) < 4.78 is 14.8. The van der Waals surface area contributed by atoms with Crippen LogP contribution in [0.25, 0.3) is 6.08 Å². The number of hydrogen-bond acceptors (Lipinski definition) is 6. The van der Waals surface area contributed by atoms with Gasteiger partial charge in [-0.3, -0.25) is 4.79 Å². The summed E-state index contributed by atoms with van der Waals surface area (Å²) in [6, 6.07) is 15.8. The fourth-order valence-corrected chi connectivity index (χ4v) is 2.20. The number of methoxy groups -OCH3 is 2. The summed E-state index contributed by atoms with van der Waals surface area (Å²) in [7, 11) is 2.86. The van der Waals surface area contributed by atoms with Crippen LogP contribution in [0.5, 0.6) is 11.5 Å². The number of benzene rings is 2. The topological polar surface area (TPSA) is 97.7 Å². The largest absolute Gasteiger partial charge is 0.497 e. The van der Waals surface area contributed by atoms with Crippen LogP contribution in [0.4, 0.5) is 0 Å². The Morgan fingerprint density at radius 1 is 1.04 bits per heavy atom. The number of ether oxygens (including phenoxy) is 3. The summed E-state index contributed by atoms with van der Waals surface area (Å²) in [5.41, 5.74) is 1.52. The van der Waals surface area contributed by atoms with Crippen LogP contribution in [0.3, 0.4) is 0 Å². The second-order valence-electron chi connectivity index (χ2n) is 5.63. The van der Waals surface area contributed by atoms with E-state index in [0.717, 1.165) is 11.3 Å². The Labute approximate surface area is 163 Å². The molecule has 28 heavy (non-hydrogen) atoms. The van der Waals surface area contributed by atoms with Crippen LogP contribution >= 0.6 is 0 Å². The summed E-state index contributed by atoms with van der Waals surface area (Å²) in [4.78, 5) is 23.3. The van der Waals surface area contributed by atoms with E-state index in [1.807, 2.05) is 18.2 Å². The lowest BCUT2D eigenvalue weighted by atomic mass is 10.1. The van der Waals surface area contributed by atoms with Crippen molar-refractivity contribution in [1.82, 2.24) is 5.32 Å². The molecule has 1 amide bonds. The Morgan fingerprint density at radius 2 is 1.68 bits per heavy atom. The van der Waals surface area contributed by atoms with Crippen LogP contribution in [0.1, 0.15) is 11.1 Å². The van der Waals surface area contributed by atoms with Gasteiger partial charge in [0.15, 0.2) is 6.61 Å². The minimum absolute atomic E-state index is 0.0169. The maximum Gasteiger partial charge on any atom is 0.343 e. The molecule has 7 heteroatoms. The molecule has 1 N–H and O–H groups in total. The number of esters is 1. The van der Waals surface area contributed by atoms with Crippen molar-refractivity contribution in [2.75, 3.05) is 20.8 Å². The second kappa shape index (κ2) is 10.4. The van der Waals surface area contributed by atoms with E-state index in [9.17, 15) is 14.9 Å². The molecule has 0 spiro atoms. The van der Waals surface area contributed by atoms with E-state index in [1.165, 1.54) is 13.2 Å². The molecular weight excluding hydrogens is 360 g/mol. The molecule has 0 heterocycles. The monoisotopic (exact) mass is 380 g/mol. The van der Waals surface area contributed by atoms with Crippen LogP contribution in [0.15, 0.2) is 54.1 Å². The van der Waals surface area contributed by atoms with Gasteiger partial charge in [-0.2, -0.15) is 5.26 Å². The maximum atomic E-state index is 12.2. The minimum atomic E-state index is -0.482. The third kappa shape index (κ3) is 6.18. The standard InChI is InChI=1S/C21H20N2O5/c1-26-18-7-5-16(6-8-18)13-23-21(25)17(12-22)11-15-3-9-19(10-4-15)28-14-20(24)27-2/h3-11H,13-14H2,1-2H3,(H,23,25)/b17-11-. The molecule has 0 bridgehead atoms. The number of carbonyl (C=O) groups is 2. The van der Waals surface area contributed by atoms with E-state index in [-0.39, 0.29) is 12.2 Å². The Balaban J connectivity index is 1.96. The Kier molecular flexibility index (Phi) is 7.61. The molecule has 0 saturated heterocycles. The molecule has 0 fully saturated rings. The Bertz CT molecular complexity index is 881. The maximum absolute atomic E-state index is 12.2. The lowest BCUT2D eigenvalue weighted by Gasteiger charge is -2.06. The van der Waals surface area contributed by atoms with Crippen LogP contribution in [0, 0.1) is 11.3 Å². The molecule has 2 aromatic carbocycles. The summed E-state index contributed by atoms with van der Waals surface area (Å²) in [6.45, 7) is 0.102.